The minimum Gasteiger partial charge on any atom is -0.313 e. The fourth-order valence-corrected chi connectivity index (χ4v) is 4.48. The van der Waals surface area contributed by atoms with E-state index in [1.165, 1.54) is 50.6 Å². The van der Waals surface area contributed by atoms with Crippen molar-refractivity contribution in [2.45, 2.75) is 51.5 Å². The third-order valence-electron chi connectivity index (χ3n) is 5.34. The van der Waals surface area contributed by atoms with Crippen molar-refractivity contribution in [1.82, 2.24) is 5.32 Å². The molecule has 1 N–H and O–H groups in total. The SMILES string of the molecule is CCCC1CCC(Cc2ccccc2)C2CCNC12. The van der Waals surface area contributed by atoms with Gasteiger partial charge in [0.1, 0.15) is 0 Å². The molecule has 2 fully saturated rings. The molecule has 0 amide bonds. The van der Waals surface area contributed by atoms with Gasteiger partial charge in [-0.3, -0.25) is 0 Å². The first-order valence-corrected chi connectivity index (χ1v) is 8.15. The third kappa shape index (κ3) is 2.86. The number of hydrogen-bond acceptors (Lipinski definition) is 1. The van der Waals surface area contributed by atoms with E-state index in [2.05, 4.69) is 42.6 Å². The molecular formula is C18H27N. The van der Waals surface area contributed by atoms with Crippen LogP contribution in [-0.4, -0.2) is 12.6 Å². The standard InChI is InChI=1S/C18H27N/c1-2-6-15-9-10-16(17-11-12-19-18(15)17)13-14-7-4-3-5-8-14/h3-5,7-8,15-19H,2,6,9-13H2,1H3. The fraction of sp³-hybridized carbons (Fsp3) is 0.667. The summed E-state index contributed by atoms with van der Waals surface area (Å²) in [5, 5.41) is 3.81. The first-order valence-electron chi connectivity index (χ1n) is 8.15. The summed E-state index contributed by atoms with van der Waals surface area (Å²) in [6.07, 6.45) is 8.36. The zero-order valence-electron chi connectivity index (χ0n) is 12.1. The molecule has 1 aromatic rings. The summed E-state index contributed by atoms with van der Waals surface area (Å²) >= 11 is 0. The average molecular weight is 257 g/mol. The predicted octanol–water partition coefficient (Wildman–Crippen LogP) is 4.03. The van der Waals surface area contributed by atoms with E-state index in [0.29, 0.717) is 0 Å². The predicted molar refractivity (Wildman–Crippen MR) is 81.2 cm³/mol. The molecular weight excluding hydrogens is 230 g/mol. The van der Waals surface area contributed by atoms with Crippen LogP contribution in [-0.2, 0) is 6.42 Å². The molecule has 1 aliphatic carbocycles. The molecule has 3 rings (SSSR count). The maximum absolute atomic E-state index is 3.81. The number of nitrogens with one attached hydrogen (secondary N) is 1. The van der Waals surface area contributed by atoms with Crippen LogP contribution in [0.1, 0.15) is 44.6 Å². The quantitative estimate of drug-likeness (QED) is 0.858. The van der Waals surface area contributed by atoms with E-state index < -0.39 is 0 Å². The molecule has 1 aliphatic heterocycles. The smallest absolute Gasteiger partial charge is 0.0127 e. The molecule has 0 aromatic heterocycles. The van der Waals surface area contributed by atoms with Crippen molar-refractivity contribution in [3.63, 3.8) is 0 Å². The van der Waals surface area contributed by atoms with Gasteiger partial charge in [-0.05, 0) is 62.0 Å². The van der Waals surface area contributed by atoms with Crippen molar-refractivity contribution in [2.75, 3.05) is 6.54 Å². The number of rotatable bonds is 4. The Bertz CT molecular complexity index is 386. The lowest BCUT2D eigenvalue weighted by Crippen LogP contribution is -2.42. The van der Waals surface area contributed by atoms with Gasteiger partial charge in [-0.2, -0.15) is 0 Å². The zero-order chi connectivity index (χ0) is 13.1. The van der Waals surface area contributed by atoms with Crippen molar-refractivity contribution in [3.05, 3.63) is 35.9 Å². The maximum Gasteiger partial charge on any atom is 0.0127 e. The summed E-state index contributed by atoms with van der Waals surface area (Å²) < 4.78 is 0. The Morgan fingerprint density at radius 1 is 1.05 bits per heavy atom. The fourth-order valence-electron chi connectivity index (χ4n) is 4.48. The van der Waals surface area contributed by atoms with Gasteiger partial charge in [0.15, 0.2) is 0 Å². The maximum atomic E-state index is 3.81. The van der Waals surface area contributed by atoms with Gasteiger partial charge in [-0.15, -0.1) is 0 Å². The van der Waals surface area contributed by atoms with Crippen LogP contribution in [0.15, 0.2) is 30.3 Å². The molecule has 1 nitrogen and oxygen atoms in total. The van der Waals surface area contributed by atoms with E-state index in [0.717, 1.165) is 23.8 Å². The lowest BCUT2D eigenvalue weighted by atomic mass is 9.68. The molecule has 4 unspecified atom stereocenters. The second kappa shape index (κ2) is 6.09. The van der Waals surface area contributed by atoms with Crippen LogP contribution in [0.3, 0.4) is 0 Å². The highest BCUT2D eigenvalue weighted by Gasteiger charge is 2.41. The molecule has 4 atom stereocenters. The molecule has 1 saturated carbocycles. The molecule has 1 heterocycles. The zero-order valence-corrected chi connectivity index (χ0v) is 12.1. The molecule has 104 valence electrons. The first kappa shape index (κ1) is 13.2. The Labute approximate surface area is 117 Å². The molecule has 2 aliphatic rings. The monoisotopic (exact) mass is 257 g/mol. The molecule has 0 spiro atoms. The van der Waals surface area contributed by atoms with Crippen LogP contribution in [0.4, 0.5) is 0 Å². The van der Waals surface area contributed by atoms with Crippen LogP contribution >= 0.6 is 0 Å². The molecule has 1 heteroatoms. The lowest BCUT2D eigenvalue weighted by Gasteiger charge is -2.39. The topological polar surface area (TPSA) is 12.0 Å². The summed E-state index contributed by atoms with van der Waals surface area (Å²) in [6.45, 7) is 3.58. The van der Waals surface area contributed by atoms with Crippen molar-refractivity contribution < 1.29 is 0 Å². The molecule has 0 radical (unpaired) electrons. The number of hydrogen-bond donors (Lipinski definition) is 1. The van der Waals surface area contributed by atoms with E-state index in [9.17, 15) is 0 Å². The molecule has 0 bridgehead atoms. The average Bonchev–Trinajstić information content (AvgIpc) is 2.93. The van der Waals surface area contributed by atoms with Crippen LogP contribution in [0, 0.1) is 17.8 Å². The number of benzene rings is 1. The first-order chi connectivity index (χ1) is 9.38. The third-order valence-corrected chi connectivity index (χ3v) is 5.34. The van der Waals surface area contributed by atoms with Gasteiger partial charge < -0.3 is 5.32 Å². The van der Waals surface area contributed by atoms with Gasteiger partial charge in [0, 0.05) is 6.04 Å². The van der Waals surface area contributed by atoms with E-state index >= 15 is 0 Å². The Morgan fingerprint density at radius 2 is 1.84 bits per heavy atom. The van der Waals surface area contributed by atoms with Crippen LogP contribution in [0.2, 0.25) is 0 Å². The van der Waals surface area contributed by atoms with Crippen LogP contribution < -0.4 is 5.32 Å². The highest BCUT2D eigenvalue weighted by Crippen LogP contribution is 2.42. The van der Waals surface area contributed by atoms with Crippen LogP contribution in [0.25, 0.3) is 0 Å². The normalized spacial score (nSPS) is 34.2. The van der Waals surface area contributed by atoms with Crippen molar-refractivity contribution in [2.24, 2.45) is 17.8 Å². The largest absolute Gasteiger partial charge is 0.313 e. The summed E-state index contributed by atoms with van der Waals surface area (Å²) in [5.41, 5.74) is 1.53. The molecule has 1 saturated heterocycles. The van der Waals surface area contributed by atoms with E-state index in [4.69, 9.17) is 0 Å². The van der Waals surface area contributed by atoms with Gasteiger partial charge in [0.25, 0.3) is 0 Å². The van der Waals surface area contributed by atoms with Gasteiger partial charge in [0.2, 0.25) is 0 Å². The minimum atomic E-state index is 0.822. The Morgan fingerprint density at radius 3 is 2.63 bits per heavy atom. The van der Waals surface area contributed by atoms with E-state index in [1.54, 1.807) is 0 Å². The minimum absolute atomic E-state index is 0.822. The van der Waals surface area contributed by atoms with Gasteiger partial charge in [0.05, 0.1) is 0 Å². The Balaban J connectivity index is 1.67. The van der Waals surface area contributed by atoms with E-state index in [1.807, 2.05) is 0 Å². The van der Waals surface area contributed by atoms with Crippen molar-refractivity contribution in [3.8, 4) is 0 Å². The second-order valence-electron chi connectivity index (χ2n) is 6.51. The number of fused-ring (bicyclic) bond motifs is 1. The highest BCUT2D eigenvalue weighted by atomic mass is 15.0. The van der Waals surface area contributed by atoms with Crippen molar-refractivity contribution in [1.29, 1.82) is 0 Å². The lowest BCUT2D eigenvalue weighted by molar-refractivity contribution is 0.147. The second-order valence-corrected chi connectivity index (χ2v) is 6.51. The Kier molecular flexibility index (Phi) is 4.22. The van der Waals surface area contributed by atoms with E-state index in [-0.39, 0.29) is 0 Å². The van der Waals surface area contributed by atoms with Crippen LogP contribution in [0.5, 0.6) is 0 Å². The highest BCUT2D eigenvalue weighted by molar-refractivity contribution is 5.16. The summed E-state index contributed by atoms with van der Waals surface area (Å²) in [5.74, 6) is 2.80. The molecule has 19 heavy (non-hydrogen) atoms. The van der Waals surface area contributed by atoms with Gasteiger partial charge >= 0.3 is 0 Å². The summed E-state index contributed by atoms with van der Waals surface area (Å²) in [6, 6.07) is 11.9. The van der Waals surface area contributed by atoms with Gasteiger partial charge in [-0.25, -0.2) is 0 Å². The Hall–Kier alpha value is -0.820. The summed E-state index contributed by atoms with van der Waals surface area (Å²) in [7, 11) is 0. The van der Waals surface area contributed by atoms with Gasteiger partial charge in [-0.1, -0.05) is 43.7 Å². The summed E-state index contributed by atoms with van der Waals surface area (Å²) in [4.78, 5) is 0. The molecule has 1 aromatic carbocycles. The van der Waals surface area contributed by atoms with Crippen molar-refractivity contribution >= 4 is 0 Å².